The number of aromatic nitrogens is 3. The third-order valence-corrected chi connectivity index (χ3v) is 5.34. The van der Waals surface area contributed by atoms with Crippen LogP contribution in [0.15, 0.2) is 54.7 Å². The number of hydrogen-bond donors (Lipinski definition) is 1. The number of benzene rings is 2. The van der Waals surface area contributed by atoms with E-state index < -0.39 is 0 Å². The van der Waals surface area contributed by atoms with Gasteiger partial charge in [-0.05, 0) is 29.8 Å². The lowest BCUT2D eigenvalue weighted by Gasteiger charge is -2.10. The molecule has 4 aromatic rings. The van der Waals surface area contributed by atoms with Crippen molar-refractivity contribution in [2.24, 2.45) is 0 Å². The number of rotatable bonds is 6. The maximum atomic E-state index is 12.2. The Morgan fingerprint density at radius 1 is 1.21 bits per heavy atom. The van der Waals surface area contributed by atoms with Crippen LogP contribution < -0.4 is 10.1 Å². The highest BCUT2D eigenvalue weighted by Crippen LogP contribution is 2.25. The summed E-state index contributed by atoms with van der Waals surface area (Å²) in [4.78, 5) is 19.2. The number of hydrogen-bond acceptors (Lipinski definition) is 6. The molecule has 0 atom stereocenters. The molecule has 1 N–H and O–H groups in total. The van der Waals surface area contributed by atoms with Gasteiger partial charge in [-0.3, -0.25) is 4.79 Å². The number of nitrogens with one attached hydrogen (secondary N) is 1. The van der Waals surface area contributed by atoms with Gasteiger partial charge in [-0.15, -0.1) is 5.10 Å². The number of amides is 1. The third kappa shape index (κ3) is 4.07. The van der Waals surface area contributed by atoms with Crippen molar-refractivity contribution in [3.05, 3.63) is 65.9 Å². The summed E-state index contributed by atoms with van der Waals surface area (Å²) in [5.41, 5.74) is 3.46. The predicted molar refractivity (Wildman–Crippen MR) is 115 cm³/mol. The SMILES string of the molecule is COc1ccc(CNc2nn3cc(-c4cccc(C(=O)N(C)C)c4)nc3s2)cc1. The molecule has 2 aromatic carbocycles. The third-order valence-electron chi connectivity index (χ3n) is 4.46. The molecule has 7 nitrogen and oxygen atoms in total. The van der Waals surface area contributed by atoms with E-state index in [0.717, 1.165) is 32.7 Å². The molecule has 0 bridgehead atoms. The van der Waals surface area contributed by atoms with Crippen LogP contribution in [0.4, 0.5) is 5.13 Å². The Kier molecular flexibility index (Phi) is 5.18. The molecule has 0 radical (unpaired) electrons. The summed E-state index contributed by atoms with van der Waals surface area (Å²) in [6.07, 6.45) is 1.88. The summed E-state index contributed by atoms with van der Waals surface area (Å²) >= 11 is 1.48. The van der Waals surface area contributed by atoms with E-state index in [1.165, 1.54) is 11.3 Å². The highest BCUT2D eigenvalue weighted by Gasteiger charge is 2.13. The Hall–Kier alpha value is -3.39. The number of carbonyl (C=O) groups excluding carboxylic acids is 1. The van der Waals surface area contributed by atoms with Gasteiger partial charge < -0.3 is 15.0 Å². The Morgan fingerprint density at radius 2 is 2.00 bits per heavy atom. The largest absolute Gasteiger partial charge is 0.497 e. The fourth-order valence-corrected chi connectivity index (χ4v) is 3.68. The number of imidazole rings is 1. The van der Waals surface area contributed by atoms with E-state index in [1.807, 2.05) is 54.7 Å². The van der Waals surface area contributed by atoms with Gasteiger partial charge in [-0.25, -0.2) is 9.50 Å². The van der Waals surface area contributed by atoms with E-state index in [1.54, 1.807) is 30.6 Å². The molecule has 8 heteroatoms. The van der Waals surface area contributed by atoms with Crippen molar-refractivity contribution in [1.29, 1.82) is 0 Å². The van der Waals surface area contributed by atoms with E-state index in [4.69, 9.17) is 4.74 Å². The maximum absolute atomic E-state index is 12.2. The van der Waals surface area contributed by atoms with E-state index in [2.05, 4.69) is 15.4 Å². The molecule has 148 valence electrons. The average Bonchev–Trinajstić information content (AvgIpc) is 3.31. The van der Waals surface area contributed by atoms with Crippen molar-refractivity contribution >= 4 is 27.3 Å². The van der Waals surface area contributed by atoms with Crippen molar-refractivity contribution in [1.82, 2.24) is 19.5 Å². The fourth-order valence-electron chi connectivity index (χ4n) is 2.90. The second kappa shape index (κ2) is 7.92. The van der Waals surface area contributed by atoms with Crippen LogP contribution >= 0.6 is 11.3 Å². The standard InChI is InChI=1S/C21H21N5O2S/c1-25(2)19(27)16-6-4-5-15(11-16)18-13-26-21(23-18)29-20(24-26)22-12-14-7-9-17(28-3)10-8-14/h4-11,13H,12H2,1-3H3,(H,22,24). The first-order valence-corrected chi connectivity index (χ1v) is 9.90. The number of anilines is 1. The van der Waals surface area contributed by atoms with Gasteiger partial charge in [0.2, 0.25) is 10.1 Å². The number of nitrogens with zero attached hydrogens (tertiary/aromatic N) is 4. The summed E-state index contributed by atoms with van der Waals surface area (Å²) in [6, 6.07) is 15.4. The Labute approximate surface area is 172 Å². The Bertz CT molecular complexity index is 1120. The second-order valence-electron chi connectivity index (χ2n) is 6.74. The van der Waals surface area contributed by atoms with Crippen LogP contribution in [-0.2, 0) is 6.54 Å². The molecular weight excluding hydrogens is 386 g/mol. The van der Waals surface area contributed by atoms with Gasteiger partial charge in [0.15, 0.2) is 0 Å². The van der Waals surface area contributed by atoms with Crippen LogP contribution in [0.3, 0.4) is 0 Å². The second-order valence-corrected chi connectivity index (χ2v) is 7.70. The summed E-state index contributed by atoms with van der Waals surface area (Å²) in [7, 11) is 5.14. The van der Waals surface area contributed by atoms with E-state index >= 15 is 0 Å². The van der Waals surface area contributed by atoms with Crippen LogP contribution in [0.1, 0.15) is 15.9 Å². The van der Waals surface area contributed by atoms with Gasteiger partial charge >= 0.3 is 0 Å². The van der Waals surface area contributed by atoms with Gasteiger partial charge in [-0.1, -0.05) is 35.6 Å². The van der Waals surface area contributed by atoms with Crippen molar-refractivity contribution < 1.29 is 9.53 Å². The smallest absolute Gasteiger partial charge is 0.253 e. The number of methoxy groups -OCH3 is 1. The maximum Gasteiger partial charge on any atom is 0.253 e. The van der Waals surface area contributed by atoms with Crippen molar-refractivity contribution in [3.63, 3.8) is 0 Å². The minimum absolute atomic E-state index is 0.0315. The number of ether oxygens (including phenoxy) is 1. The first-order chi connectivity index (χ1) is 14.0. The zero-order valence-corrected chi connectivity index (χ0v) is 17.2. The fraction of sp³-hybridized carbons (Fsp3) is 0.190. The molecule has 0 saturated heterocycles. The van der Waals surface area contributed by atoms with E-state index in [0.29, 0.717) is 12.1 Å². The first kappa shape index (κ1) is 18.9. The number of carbonyl (C=O) groups is 1. The molecule has 0 unspecified atom stereocenters. The molecule has 2 heterocycles. The van der Waals surface area contributed by atoms with Crippen LogP contribution in [0.5, 0.6) is 5.75 Å². The molecule has 0 aliphatic rings. The normalized spacial score (nSPS) is 10.9. The minimum Gasteiger partial charge on any atom is -0.497 e. The lowest BCUT2D eigenvalue weighted by molar-refractivity contribution is 0.0827. The Balaban J connectivity index is 1.49. The highest BCUT2D eigenvalue weighted by atomic mass is 32.1. The quantitative estimate of drug-likeness (QED) is 0.527. The molecule has 1 amide bonds. The van der Waals surface area contributed by atoms with E-state index in [-0.39, 0.29) is 5.91 Å². The monoisotopic (exact) mass is 407 g/mol. The van der Waals surface area contributed by atoms with Gasteiger partial charge in [0.1, 0.15) is 5.75 Å². The molecule has 4 rings (SSSR count). The molecule has 0 saturated carbocycles. The van der Waals surface area contributed by atoms with Crippen molar-refractivity contribution in [2.75, 3.05) is 26.5 Å². The first-order valence-electron chi connectivity index (χ1n) is 9.08. The minimum atomic E-state index is -0.0315. The average molecular weight is 407 g/mol. The topological polar surface area (TPSA) is 71.8 Å². The highest BCUT2D eigenvalue weighted by molar-refractivity contribution is 7.20. The molecule has 0 spiro atoms. The predicted octanol–water partition coefficient (Wildman–Crippen LogP) is 3.78. The van der Waals surface area contributed by atoms with Crippen LogP contribution in [0, 0.1) is 0 Å². The summed E-state index contributed by atoms with van der Waals surface area (Å²) in [5, 5.41) is 8.68. The summed E-state index contributed by atoms with van der Waals surface area (Å²) in [6.45, 7) is 0.669. The lowest BCUT2D eigenvalue weighted by Crippen LogP contribution is -2.21. The molecule has 2 aromatic heterocycles. The van der Waals surface area contributed by atoms with Crippen molar-refractivity contribution in [3.8, 4) is 17.0 Å². The molecular formula is C21H21N5O2S. The van der Waals surface area contributed by atoms with Gasteiger partial charge in [0.05, 0.1) is 19.0 Å². The van der Waals surface area contributed by atoms with Crippen molar-refractivity contribution in [2.45, 2.75) is 6.54 Å². The molecule has 0 aliphatic heterocycles. The van der Waals surface area contributed by atoms with Crippen LogP contribution in [0.25, 0.3) is 16.2 Å². The van der Waals surface area contributed by atoms with Gasteiger partial charge in [0, 0.05) is 31.8 Å². The summed E-state index contributed by atoms with van der Waals surface area (Å²) in [5.74, 6) is 0.807. The van der Waals surface area contributed by atoms with Gasteiger partial charge in [-0.2, -0.15) is 0 Å². The van der Waals surface area contributed by atoms with Crippen LogP contribution in [0.2, 0.25) is 0 Å². The van der Waals surface area contributed by atoms with Gasteiger partial charge in [0.25, 0.3) is 5.91 Å². The number of fused-ring (bicyclic) bond motifs is 1. The zero-order chi connectivity index (χ0) is 20.4. The molecule has 0 fully saturated rings. The molecule has 29 heavy (non-hydrogen) atoms. The lowest BCUT2D eigenvalue weighted by atomic mass is 10.1. The molecule has 0 aliphatic carbocycles. The van der Waals surface area contributed by atoms with Crippen LogP contribution in [-0.4, -0.2) is 46.6 Å². The van der Waals surface area contributed by atoms with E-state index in [9.17, 15) is 4.79 Å². The Morgan fingerprint density at radius 3 is 2.69 bits per heavy atom. The summed E-state index contributed by atoms with van der Waals surface area (Å²) < 4.78 is 6.94. The zero-order valence-electron chi connectivity index (χ0n) is 16.4.